The van der Waals surface area contributed by atoms with E-state index in [0.29, 0.717) is 18.9 Å². The zero-order valence-electron chi connectivity index (χ0n) is 9.26. The van der Waals surface area contributed by atoms with Gasteiger partial charge >= 0.3 is 5.97 Å². The van der Waals surface area contributed by atoms with Crippen molar-refractivity contribution in [3.63, 3.8) is 0 Å². The third kappa shape index (κ3) is 3.35. The molecule has 2 N–H and O–H groups in total. The van der Waals surface area contributed by atoms with E-state index in [4.69, 9.17) is 10.5 Å². The van der Waals surface area contributed by atoms with E-state index in [9.17, 15) is 4.79 Å². The van der Waals surface area contributed by atoms with Crippen molar-refractivity contribution in [3.8, 4) is 0 Å². The zero-order chi connectivity index (χ0) is 11.4. The molecule has 0 bridgehead atoms. The summed E-state index contributed by atoms with van der Waals surface area (Å²) < 4.78 is 5.14. The van der Waals surface area contributed by atoms with Gasteiger partial charge in [-0.1, -0.05) is 30.3 Å². The van der Waals surface area contributed by atoms with Crippen LogP contribution in [0.1, 0.15) is 18.4 Å². The quantitative estimate of drug-likeness (QED) is 0.764. The Morgan fingerprint density at radius 1 is 1.38 bits per heavy atom. The first-order chi connectivity index (χ1) is 7.75. The van der Waals surface area contributed by atoms with Crippen LogP contribution in [0.4, 0.5) is 0 Å². The highest BCUT2D eigenvalue weighted by Gasteiger charge is 2.24. The van der Waals surface area contributed by atoms with E-state index in [2.05, 4.69) is 0 Å². The van der Waals surface area contributed by atoms with E-state index in [0.717, 1.165) is 5.56 Å². The Hall–Kier alpha value is -1.35. The second kappa shape index (κ2) is 5.12. The zero-order valence-corrected chi connectivity index (χ0v) is 9.26. The van der Waals surface area contributed by atoms with Gasteiger partial charge in [0.25, 0.3) is 0 Å². The Labute approximate surface area is 95.6 Å². The predicted octanol–water partition coefficient (Wildman–Crippen LogP) is 1.51. The van der Waals surface area contributed by atoms with Crippen molar-refractivity contribution >= 4 is 5.97 Å². The van der Waals surface area contributed by atoms with Crippen LogP contribution in [0.5, 0.6) is 0 Å². The van der Waals surface area contributed by atoms with Gasteiger partial charge in [0, 0.05) is 0 Å². The van der Waals surface area contributed by atoms with Gasteiger partial charge in [0.1, 0.15) is 6.04 Å². The number of carbonyl (C=O) groups excluding carboxylic acids is 1. The largest absolute Gasteiger partial charge is 0.464 e. The van der Waals surface area contributed by atoms with Crippen molar-refractivity contribution in [3.05, 3.63) is 35.9 Å². The molecule has 1 aromatic carbocycles. The smallest absolute Gasteiger partial charge is 0.323 e. The topological polar surface area (TPSA) is 52.3 Å². The molecular weight excluding hydrogens is 202 g/mol. The molecule has 1 fully saturated rings. The highest BCUT2D eigenvalue weighted by molar-refractivity contribution is 5.75. The molecule has 1 aromatic rings. The number of rotatable bonds is 5. The number of nitrogens with two attached hydrogens (primary N) is 1. The molecule has 0 radical (unpaired) electrons. The first kappa shape index (κ1) is 11.1. The molecule has 1 unspecified atom stereocenters. The lowest BCUT2D eigenvalue weighted by Crippen LogP contribution is -2.34. The van der Waals surface area contributed by atoms with Crippen molar-refractivity contribution in [1.82, 2.24) is 0 Å². The Balaban J connectivity index is 1.77. The maximum atomic E-state index is 11.5. The highest BCUT2D eigenvalue weighted by atomic mass is 16.5. The average Bonchev–Trinajstić information content (AvgIpc) is 3.11. The van der Waals surface area contributed by atoms with Crippen molar-refractivity contribution in [2.75, 3.05) is 6.61 Å². The molecule has 3 heteroatoms. The number of hydrogen-bond donors (Lipinski definition) is 1. The summed E-state index contributed by atoms with van der Waals surface area (Å²) in [7, 11) is 0. The number of hydrogen-bond acceptors (Lipinski definition) is 3. The summed E-state index contributed by atoms with van der Waals surface area (Å²) in [6.07, 6.45) is 2.91. The van der Waals surface area contributed by atoms with Crippen molar-refractivity contribution < 1.29 is 9.53 Å². The monoisotopic (exact) mass is 219 g/mol. The SMILES string of the molecule is NC(Cc1ccccc1)C(=O)OCC1CC1. The van der Waals surface area contributed by atoms with Crippen LogP contribution in [-0.4, -0.2) is 18.6 Å². The molecule has 3 nitrogen and oxygen atoms in total. The molecule has 16 heavy (non-hydrogen) atoms. The van der Waals surface area contributed by atoms with E-state index in [1.807, 2.05) is 30.3 Å². The van der Waals surface area contributed by atoms with Gasteiger partial charge < -0.3 is 10.5 Å². The van der Waals surface area contributed by atoms with Gasteiger partial charge in [-0.2, -0.15) is 0 Å². The molecule has 0 amide bonds. The van der Waals surface area contributed by atoms with Crippen LogP contribution in [0.25, 0.3) is 0 Å². The fourth-order valence-corrected chi connectivity index (χ4v) is 1.54. The average molecular weight is 219 g/mol. The molecular formula is C13H17NO2. The minimum Gasteiger partial charge on any atom is -0.464 e. The van der Waals surface area contributed by atoms with Gasteiger partial charge in [-0.3, -0.25) is 4.79 Å². The number of ether oxygens (including phenoxy) is 1. The second-order valence-electron chi connectivity index (χ2n) is 4.37. The fourth-order valence-electron chi connectivity index (χ4n) is 1.54. The Morgan fingerprint density at radius 2 is 2.06 bits per heavy atom. The third-order valence-corrected chi connectivity index (χ3v) is 2.76. The van der Waals surface area contributed by atoms with Crippen LogP contribution in [-0.2, 0) is 16.0 Å². The molecule has 2 rings (SSSR count). The summed E-state index contributed by atoms with van der Waals surface area (Å²) in [6, 6.07) is 9.22. The standard InChI is InChI=1S/C13H17NO2/c14-12(8-10-4-2-1-3-5-10)13(15)16-9-11-6-7-11/h1-5,11-12H,6-9,14H2. The number of carbonyl (C=O) groups is 1. The Kier molecular flexibility index (Phi) is 3.57. The molecule has 0 aromatic heterocycles. The number of esters is 1. The lowest BCUT2D eigenvalue weighted by atomic mass is 10.1. The fraction of sp³-hybridized carbons (Fsp3) is 0.462. The molecule has 1 aliphatic rings. The summed E-state index contributed by atoms with van der Waals surface area (Å²) in [6.45, 7) is 0.543. The van der Waals surface area contributed by atoms with E-state index in [1.54, 1.807) is 0 Å². The summed E-state index contributed by atoms with van der Waals surface area (Å²) in [4.78, 5) is 11.5. The molecule has 1 aliphatic carbocycles. The summed E-state index contributed by atoms with van der Waals surface area (Å²) in [5.74, 6) is 0.309. The van der Waals surface area contributed by atoms with E-state index < -0.39 is 6.04 Å². The first-order valence-corrected chi connectivity index (χ1v) is 5.72. The molecule has 86 valence electrons. The molecule has 0 aliphatic heterocycles. The van der Waals surface area contributed by atoms with Gasteiger partial charge in [-0.25, -0.2) is 0 Å². The summed E-state index contributed by atoms with van der Waals surface area (Å²) in [5, 5.41) is 0. The predicted molar refractivity (Wildman–Crippen MR) is 61.8 cm³/mol. The van der Waals surface area contributed by atoms with Crippen LogP contribution >= 0.6 is 0 Å². The van der Waals surface area contributed by atoms with Crippen molar-refractivity contribution in [2.24, 2.45) is 11.7 Å². The van der Waals surface area contributed by atoms with Crippen molar-refractivity contribution in [1.29, 1.82) is 0 Å². The minimum absolute atomic E-state index is 0.282. The Bertz CT molecular complexity index is 346. The van der Waals surface area contributed by atoms with Gasteiger partial charge in [0.2, 0.25) is 0 Å². The van der Waals surface area contributed by atoms with E-state index >= 15 is 0 Å². The van der Waals surface area contributed by atoms with Crippen LogP contribution < -0.4 is 5.73 Å². The van der Waals surface area contributed by atoms with Crippen LogP contribution in [0.15, 0.2) is 30.3 Å². The van der Waals surface area contributed by atoms with E-state index in [-0.39, 0.29) is 5.97 Å². The minimum atomic E-state index is -0.541. The number of benzene rings is 1. The second-order valence-corrected chi connectivity index (χ2v) is 4.37. The van der Waals surface area contributed by atoms with Gasteiger partial charge in [-0.15, -0.1) is 0 Å². The normalized spacial score (nSPS) is 16.8. The lowest BCUT2D eigenvalue weighted by Gasteiger charge is -2.11. The lowest BCUT2D eigenvalue weighted by molar-refractivity contribution is -0.145. The Morgan fingerprint density at radius 3 is 2.69 bits per heavy atom. The van der Waals surface area contributed by atoms with Gasteiger partial charge in [0.05, 0.1) is 6.61 Å². The first-order valence-electron chi connectivity index (χ1n) is 5.72. The summed E-state index contributed by atoms with van der Waals surface area (Å²) in [5.41, 5.74) is 6.85. The summed E-state index contributed by atoms with van der Waals surface area (Å²) >= 11 is 0. The molecule has 0 spiro atoms. The molecule has 0 heterocycles. The highest BCUT2D eigenvalue weighted by Crippen LogP contribution is 2.28. The molecule has 0 saturated heterocycles. The van der Waals surface area contributed by atoms with Crippen LogP contribution in [0, 0.1) is 5.92 Å². The van der Waals surface area contributed by atoms with Crippen LogP contribution in [0.2, 0.25) is 0 Å². The van der Waals surface area contributed by atoms with Gasteiger partial charge in [0.15, 0.2) is 0 Å². The molecule has 1 atom stereocenters. The van der Waals surface area contributed by atoms with E-state index in [1.165, 1.54) is 12.8 Å². The molecule has 1 saturated carbocycles. The third-order valence-electron chi connectivity index (χ3n) is 2.76. The maximum Gasteiger partial charge on any atom is 0.323 e. The maximum absolute atomic E-state index is 11.5. The van der Waals surface area contributed by atoms with Gasteiger partial charge in [-0.05, 0) is 30.7 Å². The van der Waals surface area contributed by atoms with Crippen LogP contribution in [0.3, 0.4) is 0 Å². The van der Waals surface area contributed by atoms with Crippen molar-refractivity contribution in [2.45, 2.75) is 25.3 Å².